The number of carbonyl (C=O) groups is 1. The van der Waals surface area contributed by atoms with Crippen molar-refractivity contribution in [2.45, 2.75) is 6.42 Å². The molecule has 2 aromatic carbocycles. The summed E-state index contributed by atoms with van der Waals surface area (Å²) in [7, 11) is 1.56. The van der Waals surface area contributed by atoms with Gasteiger partial charge in [0, 0.05) is 25.8 Å². The van der Waals surface area contributed by atoms with E-state index < -0.39 is 11.3 Å². The predicted molar refractivity (Wildman–Crippen MR) is 109 cm³/mol. The van der Waals surface area contributed by atoms with Crippen molar-refractivity contribution < 1.29 is 18.3 Å². The number of nitrogens with zero attached hydrogens (tertiary/aromatic N) is 1. The van der Waals surface area contributed by atoms with Gasteiger partial charge in [-0.25, -0.2) is 4.21 Å². The number of anilines is 1. The van der Waals surface area contributed by atoms with Gasteiger partial charge < -0.3 is 10.1 Å². The normalized spacial score (nSPS) is 11.9. The second-order valence-electron chi connectivity index (χ2n) is 5.59. The minimum atomic E-state index is -2.22. The first-order valence-corrected chi connectivity index (χ1v) is 9.94. The van der Waals surface area contributed by atoms with E-state index in [1.54, 1.807) is 43.5 Å². The number of carbonyl (C=O) groups excluding carboxylic acids is 1. The molecule has 1 amide bonds. The van der Waals surface area contributed by atoms with Crippen LogP contribution in [0.3, 0.4) is 0 Å². The summed E-state index contributed by atoms with van der Waals surface area (Å²) in [5.41, 5.74) is 1.76. The average Bonchev–Trinajstić information content (AvgIpc) is 2.65. The highest BCUT2D eigenvalue weighted by Gasteiger charge is 2.15. The molecule has 0 aliphatic heterocycles. The summed E-state index contributed by atoms with van der Waals surface area (Å²) >= 11 is 9.95. The summed E-state index contributed by atoms with van der Waals surface area (Å²) < 4.78 is 27.6. The first-order chi connectivity index (χ1) is 12.9. The van der Waals surface area contributed by atoms with E-state index in [1.165, 1.54) is 4.31 Å². The SMILES string of the molecule is COCCNC(=O)c1ccc(N(CCc2cccc(Cl)c2Cl)S(=O)O)cc1. The Morgan fingerprint density at radius 2 is 1.93 bits per heavy atom. The fraction of sp³-hybridized carbons (Fsp3) is 0.278. The van der Waals surface area contributed by atoms with Crippen molar-refractivity contribution in [3.8, 4) is 0 Å². The van der Waals surface area contributed by atoms with Gasteiger partial charge in [-0.15, -0.1) is 0 Å². The van der Waals surface area contributed by atoms with Crippen molar-refractivity contribution in [1.82, 2.24) is 5.32 Å². The van der Waals surface area contributed by atoms with Gasteiger partial charge in [0.05, 0.1) is 22.3 Å². The van der Waals surface area contributed by atoms with E-state index in [0.717, 1.165) is 5.56 Å². The van der Waals surface area contributed by atoms with Crippen LogP contribution in [-0.4, -0.2) is 41.5 Å². The van der Waals surface area contributed by atoms with Gasteiger partial charge in [-0.3, -0.25) is 13.7 Å². The molecule has 0 aliphatic carbocycles. The minimum Gasteiger partial charge on any atom is -0.383 e. The average molecular weight is 431 g/mol. The number of rotatable bonds is 9. The lowest BCUT2D eigenvalue weighted by atomic mass is 10.1. The monoisotopic (exact) mass is 430 g/mol. The van der Waals surface area contributed by atoms with Crippen LogP contribution in [0.5, 0.6) is 0 Å². The maximum atomic E-state index is 12.0. The summed E-state index contributed by atoms with van der Waals surface area (Å²) in [5.74, 6) is -0.235. The lowest BCUT2D eigenvalue weighted by Crippen LogP contribution is -2.28. The van der Waals surface area contributed by atoms with Gasteiger partial charge in [0.25, 0.3) is 17.2 Å². The first-order valence-electron chi connectivity index (χ1n) is 8.12. The van der Waals surface area contributed by atoms with E-state index >= 15 is 0 Å². The molecule has 27 heavy (non-hydrogen) atoms. The van der Waals surface area contributed by atoms with Crippen molar-refractivity contribution in [2.75, 3.05) is 31.1 Å². The summed E-state index contributed by atoms with van der Waals surface area (Å²) in [6.45, 7) is 1.08. The van der Waals surface area contributed by atoms with Crippen LogP contribution in [-0.2, 0) is 22.4 Å². The fourth-order valence-electron chi connectivity index (χ4n) is 2.41. The third kappa shape index (κ3) is 6.19. The summed E-state index contributed by atoms with van der Waals surface area (Å²) in [6, 6.07) is 11.7. The molecule has 0 bridgehead atoms. The van der Waals surface area contributed by atoms with E-state index in [1.807, 2.05) is 6.07 Å². The Balaban J connectivity index is 2.07. The molecule has 0 heterocycles. The Morgan fingerprint density at radius 1 is 1.22 bits per heavy atom. The molecule has 0 saturated heterocycles. The zero-order chi connectivity index (χ0) is 19.8. The highest BCUT2D eigenvalue weighted by molar-refractivity contribution is 7.80. The summed E-state index contributed by atoms with van der Waals surface area (Å²) in [5, 5.41) is 3.59. The molecule has 2 rings (SSSR count). The fourth-order valence-corrected chi connectivity index (χ4v) is 3.37. The molecule has 0 aliphatic rings. The zero-order valence-electron chi connectivity index (χ0n) is 14.7. The van der Waals surface area contributed by atoms with Gasteiger partial charge in [-0.2, -0.15) is 0 Å². The van der Waals surface area contributed by atoms with Crippen LogP contribution in [0.1, 0.15) is 15.9 Å². The topological polar surface area (TPSA) is 78.9 Å². The first kappa shape index (κ1) is 21.7. The molecule has 0 saturated carbocycles. The largest absolute Gasteiger partial charge is 0.383 e. The minimum absolute atomic E-state index is 0.235. The molecule has 0 aromatic heterocycles. The molecular weight excluding hydrogens is 411 g/mol. The van der Waals surface area contributed by atoms with E-state index in [4.69, 9.17) is 27.9 Å². The molecule has 1 unspecified atom stereocenters. The molecule has 146 valence electrons. The molecule has 2 N–H and O–H groups in total. The lowest BCUT2D eigenvalue weighted by Gasteiger charge is -2.20. The molecule has 6 nitrogen and oxygen atoms in total. The van der Waals surface area contributed by atoms with E-state index in [-0.39, 0.29) is 12.5 Å². The second-order valence-corrected chi connectivity index (χ2v) is 7.28. The van der Waals surface area contributed by atoms with Crippen LogP contribution in [0.4, 0.5) is 5.69 Å². The van der Waals surface area contributed by atoms with E-state index in [2.05, 4.69) is 5.32 Å². The standard InChI is InChI=1S/C18H20Cl2N2O4S/c1-26-12-10-21-18(23)14-5-7-15(8-6-14)22(27(24)25)11-9-13-3-2-4-16(19)17(13)20/h2-8H,9-12H2,1H3,(H,21,23)(H,24,25). The summed E-state index contributed by atoms with van der Waals surface area (Å²) in [4.78, 5) is 12.0. The Hall–Kier alpha value is -1.64. The zero-order valence-corrected chi connectivity index (χ0v) is 17.0. The Bertz CT molecular complexity index is 802. The third-order valence-corrected chi connectivity index (χ3v) is 5.44. The maximum Gasteiger partial charge on any atom is 0.261 e. The Morgan fingerprint density at radius 3 is 2.56 bits per heavy atom. The highest BCUT2D eigenvalue weighted by Crippen LogP contribution is 2.26. The molecule has 2 aromatic rings. The third-order valence-electron chi connectivity index (χ3n) is 3.81. The smallest absolute Gasteiger partial charge is 0.261 e. The van der Waals surface area contributed by atoms with Gasteiger partial charge >= 0.3 is 0 Å². The number of benzene rings is 2. The van der Waals surface area contributed by atoms with Gasteiger partial charge in [0.1, 0.15) is 0 Å². The van der Waals surface area contributed by atoms with E-state index in [9.17, 15) is 13.6 Å². The van der Waals surface area contributed by atoms with Gasteiger partial charge in [0.15, 0.2) is 0 Å². The number of hydrogen-bond donors (Lipinski definition) is 2. The van der Waals surface area contributed by atoms with Crippen LogP contribution < -0.4 is 9.62 Å². The van der Waals surface area contributed by atoms with E-state index in [0.29, 0.717) is 40.9 Å². The molecular formula is C18H20Cl2N2O4S. The van der Waals surface area contributed by atoms with Gasteiger partial charge in [-0.05, 0) is 42.3 Å². The van der Waals surface area contributed by atoms with Gasteiger partial charge in [-0.1, -0.05) is 35.3 Å². The van der Waals surface area contributed by atoms with Crippen LogP contribution in [0, 0.1) is 0 Å². The molecule has 0 spiro atoms. The van der Waals surface area contributed by atoms with Gasteiger partial charge in [0.2, 0.25) is 0 Å². The van der Waals surface area contributed by atoms with Crippen LogP contribution in [0.15, 0.2) is 42.5 Å². The Kier molecular flexibility index (Phi) is 8.53. The molecule has 0 radical (unpaired) electrons. The number of ether oxygens (including phenoxy) is 1. The van der Waals surface area contributed by atoms with Crippen molar-refractivity contribution >= 4 is 46.1 Å². The maximum absolute atomic E-state index is 12.0. The number of amides is 1. The quantitative estimate of drug-likeness (QED) is 0.470. The lowest BCUT2D eigenvalue weighted by molar-refractivity contribution is 0.0937. The number of nitrogens with one attached hydrogen (secondary N) is 1. The summed E-state index contributed by atoms with van der Waals surface area (Å²) in [6.07, 6.45) is 0.435. The van der Waals surface area contributed by atoms with Crippen LogP contribution in [0.25, 0.3) is 0 Å². The predicted octanol–water partition coefficient (Wildman–Crippen LogP) is 3.56. The molecule has 1 atom stereocenters. The van der Waals surface area contributed by atoms with Crippen LogP contribution >= 0.6 is 23.2 Å². The molecule has 9 heteroatoms. The van der Waals surface area contributed by atoms with Crippen molar-refractivity contribution in [2.24, 2.45) is 0 Å². The second kappa shape index (κ2) is 10.6. The highest BCUT2D eigenvalue weighted by atomic mass is 35.5. The molecule has 0 fully saturated rings. The number of halogens is 2. The van der Waals surface area contributed by atoms with Crippen LogP contribution in [0.2, 0.25) is 10.0 Å². The van der Waals surface area contributed by atoms with Crippen molar-refractivity contribution in [1.29, 1.82) is 0 Å². The van der Waals surface area contributed by atoms with Crippen molar-refractivity contribution in [3.63, 3.8) is 0 Å². The Labute approximate surface area is 170 Å². The number of hydrogen-bond acceptors (Lipinski definition) is 3. The van der Waals surface area contributed by atoms with Crippen molar-refractivity contribution in [3.05, 3.63) is 63.6 Å². The number of methoxy groups -OCH3 is 1.